The van der Waals surface area contributed by atoms with Crippen molar-refractivity contribution in [3.05, 3.63) is 65.2 Å². The number of ether oxygens (including phenoxy) is 1. The molecule has 5 atom stereocenters. The van der Waals surface area contributed by atoms with E-state index in [9.17, 15) is 14.7 Å². The molecule has 2 aromatic carbocycles. The summed E-state index contributed by atoms with van der Waals surface area (Å²) in [5, 5.41) is 10.6. The molecule has 1 saturated carbocycles. The molecule has 6 nitrogen and oxygen atoms in total. The van der Waals surface area contributed by atoms with Crippen molar-refractivity contribution in [3.63, 3.8) is 0 Å². The molecule has 0 aromatic heterocycles. The van der Waals surface area contributed by atoms with Crippen LogP contribution in [0.15, 0.2) is 48.5 Å². The van der Waals surface area contributed by atoms with Gasteiger partial charge in [-0.1, -0.05) is 37.6 Å². The van der Waals surface area contributed by atoms with Gasteiger partial charge in [0, 0.05) is 30.1 Å². The number of hydrogen-bond acceptors (Lipinski definition) is 5. The van der Waals surface area contributed by atoms with Crippen molar-refractivity contribution in [1.82, 2.24) is 9.80 Å². The first-order chi connectivity index (χ1) is 17.8. The Morgan fingerprint density at radius 1 is 1.11 bits per heavy atom. The van der Waals surface area contributed by atoms with Crippen molar-refractivity contribution in [3.8, 4) is 5.75 Å². The van der Waals surface area contributed by atoms with Crippen LogP contribution in [0.25, 0.3) is 0 Å². The first-order valence-electron chi connectivity index (χ1n) is 13.8. The molecule has 0 radical (unpaired) electrons. The molecule has 2 aliphatic heterocycles. The van der Waals surface area contributed by atoms with E-state index in [1.54, 1.807) is 6.07 Å². The monoisotopic (exact) mass is 504 g/mol. The molecule has 37 heavy (non-hydrogen) atoms. The molecule has 198 valence electrons. The number of fused-ring (bicyclic) bond motifs is 4. The average Bonchev–Trinajstić information content (AvgIpc) is 3.00. The van der Waals surface area contributed by atoms with Crippen molar-refractivity contribution in [2.24, 2.45) is 11.8 Å². The van der Waals surface area contributed by atoms with Crippen LogP contribution >= 0.6 is 0 Å². The zero-order chi connectivity index (χ0) is 26.2. The molecule has 1 saturated heterocycles. The number of amides is 1. The Hall–Kier alpha value is -2.86. The number of rotatable bonds is 4. The molecule has 4 aliphatic rings. The van der Waals surface area contributed by atoms with Crippen LogP contribution in [-0.2, 0) is 21.4 Å². The van der Waals surface area contributed by atoms with Crippen LogP contribution in [0.1, 0.15) is 66.9 Å². The average molecular weight is 505 g/mol. The first kappa shape index (κ1) is 25.8. The van der Waals surface area contributed by atoms with Gasteiger partial charge in [0.05, 0.1) is 13.7 Å². The van der Waals surface area contributed by atoms with Crippen molar-refractivity contribution >= 4 is 11.9 Å². The van der Waals surface area contributed by atoms with Gasteiger partial charge in [0.25, 0.3) is 5.91 Å². The number of benzene rings is 2. The third kappa shape index (κ3) is 4.76. The molecule has 1 spiro atoms. The summed E-state index contributed by atoms with van der Waals surface area (Å²) >= 11 is 0. The fourth-order valence-corrected chi connectivity index (χ4v) is 7.85. The van der Waals surface area contributed by atoms with Gasteiger partial charge in [-0.15, -0.1) is 0 Å². The Morgan fingerprint density at radius 3 is 2.65 bits per heavy atom. The molecular weight excluding hydrogens is 464 g/mol. The molecule has 1 N–H and O–H groups in total. The third-order valence-electron chi connectivity index (χ3n) is 9.59. The summed E-state index contributed by atoms with van der Waals surface area (Å²) in [7, 11) is 3.44. The second-order valence-electron chi connectivity index (χ2n) is 11.5. The predicted octanol–water partition coefficient (Wildman–Crippen LogP) is 4.79. The van der Waals surface area contributed by atoms with E-state index in [0.717, 1.165) is 57.1 Å². The Labute approximate surface area is 220 Å². The van der Waals surface area contributed by atoms with Gasteiger partial charge in [0.1, 0.15) is 5.75 Å². The largest absolute Gasteiger partial charge is 0.508 e. The van der Waals surface area contributed by atoms with E-state index in [-0.39, 0.29) is 35.3 Å². The lowest BCUT2D eigenvalue weighted by atomic mass is 9.54. The lowest BCUT2D eigenvalue weighted by Gasteiger charge is -2.54. The Kier molecular flexibility index (Phi) is 7.30. The van der Waals surface area contributed by atoms with Gasteiger partial charge in [-0.3, -0.25) is 14.5 Å². The summed E-state index contributed by atoms with van der Waals surface area (Å²) in [4.78, 5) is 30.4. The number of esters is 1. The normalized spacial score (nSPS) is 29.6. The Balaban J connectivity index is 1.61. The van der Waals surface area contributed by atoms with E-state index in [1.807, 2.05) is 48.3 Å². The molecule has 2 aliphatic carbocycles. The molecule has 1 amide bonds. The first-order valence-corrected chi connectivity index (χ1v) is 13.8. The number of carbonyl (C=O) groups is 2. The van der Waals surface area contributed by atoms with Gasteiger partial charge in [-0.05, 0) is 92.3 Å². The lowest BCUT2D eigenvalue weighted by Crippen LogP contribution is -2.56. The molecule has 2 aromatic rings. The van der Waals surface area contributed by atoms with E-state index >= 15 is 0 Å². The predicted molar refractivity (Wildman–Crippen MR) is 144 cm³/mol. The third-order valence-corrected chi connectivity index (χ3v) is 9.59. The molecular formula is C31H40N2O4. The fourth-order valence-electron chi connectivity index (χ4n) is 7.85. The molecule has 2 bridgehead atoms. The van der Waals surface area contributed by atoms with E-state index < -0.39 is 0 Å². The van der Waals surface area contributed by atoms with Crippen LogP contribution in [0, 0.1) is 11.8 Å². The molecule has 6 heteroatoms. The summed E-state index contributed by atoms with van der Waals surface area (Å²) < 4.78 is 5.06. The van der Waals surface area contributed by atoms with Crippen molar-refractivity contribution in [2.45, 2.75) is 69.4 Å². The van der Waals surface area contributed by atoms with E-state index in [0.29, 0.717) is 18.2 Å². The highest BCUT2D eigenvalue weighted by molar-refractivity contribution is 5.94. The molecule has 6 rings (SSSR count). The van der Waals surface area contributed by atoms with Crippen molar-refractivity contribution in [2.75, 3.05) is 27.2 Å². The fraction of sp³-hybridized carbons (Fsp3) is 0.548. The smallest absolute Gasteiger partial charge is 0.319 e. The summed E-state index contributed by atoms with van der Waals surface area (Å²) in [5.74, 6) is 0.846. The van der Waals surface area contributed by atoms with Crippen LogP contribution in [0.3, 0.4) is 0 Å². The second-order valence-corrected chi connectivity index (χ2v) is 11.5. The molecule has 4 unspecified atom stereocenters. The van der Waals surface area contributed by atoms with Gasteiger partial charge in [0.15, 0.2) is 0 Å². The summed E-state index contributed by atoms with van der Waals surface area (Å²) in [6.07, 6.45) is 6.82. The molecule has 2 heterocycles. The Morgan fingerprint density at radius 2 is 1.89 bits per heavy atom. The SMILES string of the molecule is COC(=O)CN1CCC23CCCC(N(C)C(=O)c4ccccc4)C2[C@@H](C)CCC1Cc1ccc(O)cc13. The van der Waals surface area contributed by atoms with Gasteiger partial charge in [-0.2, -0.15) is 0 Å². The summed E-state index contributed by atoms with van der Waals surface area (Å²) in [6, 6.07) is 15.8. The van der Waals surface area contributed by atoms with Crippen LogP contribution in [-0.4, -0.2) is 66.1 Å². The lowest BCUT2D eigenvalue weighted by molar-refractivity contribution is -0.142. The van der Waals surface area contributed by atoms with Crippen molar-refractivity contribution in [1.29, 1.82) is 0 Å². The Bertz CT molecular complexity index is 1140. The topological polar surface area (TPSA) is 70.1 Å². The highest BCUT2D eigenvalue weighted by Gasteiger charge is 2.53. The maximum absolute atomic E-state index is 13.6. The van der Waals surface area contributed by atoms with E-state index in [2.05, 4.69) is 17.9 Å². The maximum atomic E-state index is 13.6. The highest BCUT2D eigenvalue weighted by Crippen LogP contribution is 2.55. The van der Waals surface area contributed by atoms with Gasteiger partial charge in [-0.25, -0.2) is 0 Å². The highest BCUT2D eigenvalue weighted by atomic mass is 16.5. The minimum absolute atomic E-state index is 0.0738. The van der Waals surface area contributed by atoms with Gasteiger partial charge in [0.2, 0.25) is 0 Å². The van der Waals surface area contributed by atoms with Crippen molar-refractivity contribution < 1.29 is 19.4 Å². The number of nitrogens with zero attached hydrogens (tertiary/aromatic N) is 2. The zero-order valence-electron chi connectivity index (χ0n) is 22.4. The van der Waals surface area contributed by atoms with Crippen LogP contribution in [0.4, 0.5) is 0 Å². The summed E-state index contributed by atoms with van der Waals surface area (Å²) in [6.45, 7) is 3.47. The van der Waals surface area contributed by atoms with Gasteiger partial charge >= 0.3 is 5.97 Å². The van der Waals surface area contributed by atoms with Crippen LogP contribution in [0.5, 0.6) is 5.75 Å². The van der Waals surface area contributed by atoms with Crippen LogP contribution in [0.2, 0.25) is 0 Å². The minimum Gasteiger partial charge on any atom is -0.508 e. The number of hydrogen-bond donors (Lipinski definition) is 1. The minimum atomic E-state index is -0.191. The quantitative estimate of drug-likeness (QED) is 0.607. The number of aromatic hydroxyl groups is 1. The molecule has 2 fully saturated rings. The summed E-state index contributed by atoms with van der Waals surface area (Å²) in [5.41, 5.74) is 3.09. The van der Waals surface area contributed by atoms with E-state index in [4.69, 9.17) is 4.74 Å². The number of phenolic OH excluding ortho intramolecular Hbond substituents is 1. The number of phenols is 1. The van der Waals surface area contributed by atoms with Gasteiger partial charge < -0.3 is 14.7 Å². The van der Waals surface area contributed by atoms with Crippen LogP contribution < -0.4 is 0 Å². The standard InChI is InChI=1S/C31H40N2O4/c1-21-11-13-24-18-23-12-14-25(34)19-26(23)31(16-17-33(24)20-28(35)37-3)15-7-10-27(29(21)31)32(2)30(36)22-8-5-4-6-9-22/h4-6,8-9,12,14,19,21,24,27,29,34H,7,10-11,13,15-18,20H2,1-3H3/t21-,24?,27?,29?,31?/m0/s1. The number of methoxy groups -OCH3 is 1. The van der Waals surface area contributed by atoms with E-state index in [1.165, 1.54) is 18.2 Å². The second kappa shape index (κ2) is 10.5. The zero-order valence-corrected chi connectivity index (χ0v) is 22.4. The number of carbonyl (C=O) groups excluding carboxylic acids is 2. The maximum Gasteiger partial charge on any atom is 0.319 e.